The van der Waals surface area contributed by atoms with Crippen molar-refractivity contribution in [2.45, 2.75) is 56.3 Å². The van der Waals surface area contributed by atoms with E-state index in [9.17, 15) is 32.3 Å². The molecule has 9 nitrogen and oxygen atoms in total. The van der Waals surface area contributed by atoms with E-state index in [4.69, 9.17) is 18.9 Å². The van der Waals surface area contributed by atoms with Crippen molar-refractivity contribution in [3.63, 3.8) is 0 Å². The lowest BCUT2D eigenvalue weighted by atomic mass is 9.96. The third-order valence-corrected chi connectivity index (χ3v) is 3.98. The van der Waals surface area contributed by atoms with Crippen LogP contribution in [0.5, 0.6) is 0 Å². The van der Waals surface area contributed by atoms with Crippen LogP contribution in [0.15, 0.2) is 0 Å². The summed E-state index contributed by atoms with van der Waals surface area (Å²) in [5.41, 5.74) is 0. The number of nitrogens with one attached hydrogen (secondary N) is 1. The van der Waals surface area contributed by atoms with Crippen LogP contribution in [-0.2, 0) is 38.1 Å². The van der Waals surface area contributed by atoms with Gasteiger partial charge in [0.05, 0.1) is 0 Å². The van der Waals surface area contributed by atoms with E-state index in [1.165, 1.54) is 0 Å². The molecule has 0 saturated carbocycles. The first kappa shape index (κ1) is 23.1. The minimum absolute atomic E-state index is 0.486. The van der Waals surface area contributed by atoms with Gasteiger partial charge in [0.1, 0.15) is 18.8 Å². The SMILES string of the molecule is CC(=O)OC[C@@H]1O[C@@H](Br)[C@@H](OC(C)=O)[C@@H](NC(=O)C(F)(F)F)[C@H]1OC(C)=O. The zero-order valence-corrected chi connectivity index (χ0v) is 16.0. The lowest BCUT2D eigenvalue weighted by molar-refractivity contribution is -0.208. The largest absolute Gasteiger partial charge is 0.471 e. The van der Waals surface area contributed by atoms with Gasteiger partial charge in [0, 0.05) is 20.8 Å². The van der Waals surface area contributed by atoms with Gasteiger partial charge in [-0.25, -0.2) is 0 Å². The van der Waals surface area contributed by atoms with Crippen molar-refractivity contribution < 1.29 is 51.3 Å². The fourth-order valence-corrected chi connectivity index (χ4v) is 3.01. The highest BCUT2D eigenvalue weighted by atomic mass is 79.9. The van der Waals surface area contributed by atoms with Crippen molar-refractivity contribution in [2.24, 2.45) is 0 Å². The summed E-state index contributed by atoms with van der Waals surface area (Å²) in [4.78, 5) is 45.1. The summed E-state index contributed by atoms with van der Waals surface area (Å²) in [5.74, 6) is -4.84. The quantitative estimate of drug-likeness (QED) is 0.357. The molecular weight excluding hydrogens is 447 g/mol. The molecule has 1 fully saturated rings. The average molecular weight is 464 g/mol. The number of amides is 1. The highest BCUT2D eigenvalue weighted by Crippen LogP contribution is 2.30. The van der Waals surface area contributed by atoms with E-state index in [0.717, 1.165) is 20.8 Å². The van der Waals surface area contributed by atoms with Crippen LogP contribution in [0.1, 0.15) is 20.8 Å². The number of ether oxygens (including phenoxy) is 4. The van der Waals surface area contributed by atoms with Gasteiger partial charge in [-0.05, 0) is 0 Å². The number of hydrogen-bond acceptors (Lipinski definition) is 8. The highest BCUT2D eigenvalue weighted by Gasteiger charge is 2.52. The molecule has 1 N–H and O–H groups in total. The highest BCUT2D eigenvalue weighted by molar-refractivity contribution is 9.09. The van der Waals surface area contributed by atoms with Gasteiger partial charge < -0.3 is 24.3 Å². The molecule has 0 aliphatic carbocycles. The second kappa shape index (κ2) is 9.35. The van der Waals surface area contributed by atoms with E-state index in [2.05, 4.69) is 15.9 Å². The number of rotatable bonds is 5. The molecule has 1 heterocycles. The summed E-state index contributed by atoms with van der Waals surface area (Å²) in [6.07, 6.45) is -9.49. The second-order valence-electron chi connectivity index (χ2n) is 5.47. The van der Waals surface area contributed by atoms with Gasteiger partial charge in [-0.1, -0.05) is 15.9 Å². The van der Waals surface area contributed by atoms with Gasteiger partial charge in [-0.15, -0.1) is 0 Å². The summed E-state index contributed by atoms with van der Waals surface area (Å²) in [7, 11) is 0. The van der Waals surface area contributed by atoms with Gasteiger partial charge in [-0.3, -0.25) is 19.2 Å². The van der Waals surface area contributed by atoms with Crippen LogP contribution >= 0.6 is 15.9 Å². The van der Waals surface area contributed by atoms with Crippen LogP contribution < -0.4 is 5.32 Å². The van der Waals surface area contributed by atoms with Crippen molar-refractivity contribution in [1.29, 1.82) is 0 Å². The topological polar surface area (TPSA) is 117 Å². The molecule has 0 radical (unpaired) electrons. The van der Waals surface area contributed by atoms with E-state index >= 15 is 0 Å². The number of esters is 3. The van der Waals surface area contributed by atoms with Crippen LogP contribution in [-0.4, -0.2) is 66.0 Å². The standard InChI is InChI=1S/C14H17BrF3NO8/c1-5(20)24-4-8-10(25-6(2)21)9(19-13(23)14(16,17)18)11(12(15)27-8)26-7(3)22/h8-12H,4H2,1-3H3,(H,19,23)/t8-,9-,10-,11-,12+/m0/s1. The molecule has 5 atom stereocenters. The maximum atomic E-state index is 12.7. The zero-order chi connectivity index (χ0) is 20.9. The molecule has 0 unspecified atom stereocenters. The average Bonchev–Trinajstić information content (AvgIpc) is 2.49. The van der Waals surface area contributed by atoms with Gasteiger partial charge in [0.25, 0.3) is 0 Å². The summed E-state index contributed by atoms with van der Waals surface area (Å²) < 4.78 is 58.1. The van der Waals surface area contributed by atoms with Crippen LogP contribution in [0.4, 0.5) is 13.2 Å². The minimum Gasteiger partial charge on any atom is -0.463 e. The van der Waals surface area contributed by atoms with Gasteiger partial charge >= 0.3 is 30.0 Å². The molecule has 1 aliphatic heterocycles. The van der Waals surface area contributed by atoms with Crippen molar-refractivity contribution in [1.82, 2.24) is 5.32 Å². The Morgan fingerprint density at radius 1 is 1.00 bits per heavy atom. The molecule has 1 rings (SSSR count). The minimum atomic E-state index is -5.24. The maximum Gasteiger partial charge on any atom is 0.471 e. The van der Waals surface area contributed by atoms with Crippen LogP contribution in [0.2, 0.25) is 0 Å². The second-order valence-corrected chi connectivity index (χ2v) is 6.38. The summed E-state index contributed by atoms with van der Waals surface area (Å²) in [6, 6.07) is -1.63. The monoisotopic (exact) mass is 463 g/mol. The van der Waals surface area contributed by atoms with Crippen molar-refractivity contribution in [2.75, 3.05) is 6.61 Å². The number of hydrogen-bond donors (Lipinski definition) is 1. The molecule has 0 aromatic carbocycles. The Morgan fingerprint density at radius 2 is 1.52 bits per heavy atom. The van der Waals surface area contributed by atoms with Gasteiger partial charge in [0.2, 0.25) is 0 Å². The molecule has 13 heteroatoms. The van der Waals surface area contributed by atoms with Crippen molar-refractivity contribution >= 4 is 39.7 Å². The number of alkyl halides is 4. The molecule has 0 aromatic heterocycles. The van der Waals surface area contributed by atoms with Crippen molar-refractivity contribution in [3.8, 4) is 0 Å². The first-order valence-electron chi connectivity index (χ1n) is 7.48. The van der Waals surface area contributed by atoms with Crippen LogP contribution in [0.3, 0.4) is 0 Å². The smallest absolute Gasteiger partial charge is 0.463 e. The molecule has 1 saturated heterocycles. The third-order valence-electron chi connectivity index (χ3n) is 3.25. The predicted molar refractivity (Wildman–Crippen MR) is 83.3 cm³/mol. The fourth-order valence-electron chi connectivity index (χ4n) is 2.29. The number of carbonyl (C=O) groups excluding carboxylic acids is 4. The Hall–Kier alpha value is -1.89. The Kier molecular flexibility index (Phi) is 8.02. The van der Waals surface area contributed by atoms with E-state index in [0.29, 0.717) is 0 Å². The third kappa shape index (κ3) is 6.97. The Morgan fingerprint density at radius 3 is 1.96 bits per heavy atom. The molecule has 0 bridgehead atoms. The molecule has 1 amide bonds. The number of carbonyl (C=O) groups is 4. The van der Waals surface area contributed by atoms with Gasteiger partial charge in [-0.2, -0.15) is 13.2 Å². The van der Waals surface area contributed by atoms with Crippen LogP contribution in [0.25, 0.3) is 0 Å². The summed E-state index contributed by atoms with van der Waals surface area (Å²) in [5, 5.41) is 0.461. The molecule has 0 spiro atoms. The van der Waals surface area contributed by atoms with E-state index in [1.54, 1.807) is 5.32 Å². The Bertz CT molecular complexity index is 599. The maximum absolute atomic E-state index is 12.7. The molecule has 27 heavy (non-hydrogen) atoms. The van der Waals surface area contributed by atoms with Crippen LogP contribution in [0, 0.1) is 0 Å². The van der Waals surface area contributed by atoms with Gasteiger partial charge in [0.15, 0.2) is 17.2 Å². The van der Waals surface area contributed by atoms with E-state index in [-0.39, 0.29) is 0 Å². The van der Waals surface area contributed by atoms with Crippen molar-refractivity contribution in [3.05, 3.63) is 0 Å². The first-order valence-corrected chi connectivity index (χ1v) is 8.39. The van der Waals surface area contributed by atoms with E-state index in [1.807, 2.05) is 0 Å². The molecular formula is C14H17BrF3NO8. The normalized spacial score (nSPS) is 28.0. The Balaban J connectivity index is 3.23. The zero-order valence-electron chi connectivity index (χ0n) is 14.4. The summed E-state index contributed by atoms with van der Waals surface area (Å²) >= 11 is 2.99. The summed E-state index contributed by atoms with van der Waals surface area (Å²) in [6.45, 7) is 2.57. The molecule has 1 aliphatic rings. The Labute approximate surface area is 159 Å². The fraction of sp³-hybridized carbons (Fsp3) is 0.714. The lowest BCUT2D eigenvalue weighted by Gasteiger charge is -2.43. The lowest BCUT2D eigenvalue weighted by Crippen LogP contribution is -2.66. The predicted octanol–water partition coefficient (Wildman–Crippen LogP) is 0.580. The van der Waals surface area contributed by atoms with E-state index < -0.39 is 66.0 Å². The number of halogens is 4. The first-order chi connectivity index (χ1) is 12.3. The molecule has 154 valence electrons. The molecule has 0 aromatic rings.